The Kier molecular flexibility index (Phi) is 4.35. The number of benzene rings is 1. The first kappa shape index (κ1) is 15.2. The fourth-order valence-corrected chi connectivity index (χ4v) is 2.28. The van der Waals surface area contributed by atoms with E-state index in [4.69, 9.17) is 14.6 Å². The summed E-state index contributed by atoms with van der Waals surface area (Å²) in [7, 11) is 3.11. The Morgan fingerprint density at radius 1 is 1.24 bits per heavy atom. The zero-order chi connectivity index (χ0) is 15.6. The normalized spacial score (nSPS) is 21.3. The topological polar surface area (TPSA) is 84.9 Å². The summed E-state index contributed by atoms with van der Waals surface area (Å²) in [5, 5.41) is 11.7. The number of rotatable bonds is 6. The molecule has 2 rings (SSSR count). The smallest absolute Gasteiger partial charge is 0.307 e. The van der Waals surface area contributed by atoms with Gasteiger partial charge >= 0.3 is 5.97 Å². The van der Waals surface area contributed by atoms with E-state index in [0.717, 1.165) is 5.56 Å². The van der Waals surface area contributed by atoms with Gasteiger partial charge in [-0.05, 0) is 31.0 Å². The average Bonchev–Trinajstić information content (AvgIpc) is 3.27. The van der Waals surface area contributed by atoms with E-state index in [1.165, 1.54) is 0 Å². The van der Waals surface area contributed by atoms with E-state index >= 15 is 0 Å². The van der Waals surface area contributed by atoms with Crippen molar-refractivity contribution in [3.63, 3.8) is 0 Å². The molecule has 3 atom stereocenters. The molecule has 0 saturated heterocycles. The highest BCUT2D eigenvalue weighted by Gasteiger charge is 2.48. The van der Waals surface area contributed by atoms with E-state index in [1.54, 1.807) is 26.4 Å². The molecule has 1 fully saturated rings. The van der Waals surface area contributed by atoms with Crippen LogP contribution in [0, 0.1) is 11.8 Å². The van der Waals surface area contributed by atoms with Crippen molar-refractivity contribution in [1.29, 1.82) is 0 Å². The molecule has 0 spiro atoms. The minimum atomic E-state index is -0.908. The van der Waals surface area contributed by atoms with Crippen molar-refractivity contribution in [1.82, 2.24) is 5.32 Å². The van der Waals surface area contributed by atoms with Crippen LogP contribution in [0.2, 0.25) is 0 Å². The monoisotopic (exact) mass is 293 g/mol. The zero-order valence-electron chi connectivity index (χ0n) is 12.3. The summed E-state index contributed by atoms with van der Waals surface area (Å²) in [6.07, 6.45) is 0.416. The number of carboxylic acid groups (broad SMARTS) is 1. The van der Waals surface area contributed by atoms with Crippen LogP contribution in [0.1, 0.15) is 24.9 Å². The van der Waals surface area contributed by atoms with E-state index in [9.17, 15) is 9.59 Å². The molecule has 1 aliphatic carbocycles. The van der Waals surface area contributed by atoms with Gasteiger partial charge < -0.3 is 19.9 Å². The lowest BCUT2D eigenvalue weighted by molar-refractivity contribution is -0.140. The van der Waals surface area contributed by atoms with Crippen molar-refractivity contribution in [2.24, 2.45) is 11.8 Å². The van der Waals surface area contributed by atoms with Gasteiger partial charge in [0.05, 0.1) is 32.1 Å². The Hall–Kier alpha value is -2.24. The number of carboxylic acids is 1. The third kappa shape index (κ3) is 3.26. The molecule has 21 heavy (non-hydrogen) atoms. The van der Waals surface area contributed by atoms with Crippen LogP contribution in [0.3, 0.4) is 0 Å². The average molecular weight is 293 g/mol. The summed E-state index contributed by atoms with van der Waals surface area (Å²) in [6, 6.07) is 5.18. The predicted molar refractivity (Wildman–Crippen MR) is 75.3 cm³/mol. The molecule has 6 heteroatoms. The number of amides is 1. The van der Waals surface area contributed by atoms with E-state index in [-0.39, 0.29) is 11.9 Å². The van der Waals surface area contributed by atoms with Crippen LogP contribution < -0.4 is 14.8 Å². The van der Waals surface area contributed by atoms with E-state index < -0.39 is 17.8 Å². The van der Waals surface area contributed by atoms with Crippen molar-refractivity contribution in [2.75, 3.05) is 14.2 Å². The van der Waals surface area contributed by atoms with Crippen molar-refractivity contribution in [3.05, 3.63) is 23.8 Å². The van der Waals surface area contributed by atoms with Crippen LogP contribution in [-0.4, -0.2) is 31.2 Å². The number of ether oxygens (including phenoxy) is 2. The third-order valence-electron chi connectivity index (χ3n) is 3.71. The summed E-state index contributed by atoms with van der Waals surface area (Å²) < 4.78 is 10.4. The van der Waals surface area contributed by atoms with Gasteiger partial charge in [-0.1, -0.05) is 6.07 Å². The Balaban J connectivity index is 2.02. The Labute approximate surface area is 123 Å². The molecule has 0 aromatic heterocycles. The molecule has 1 aromatic rings. The number of methoxy groups -OCH3 is 2. The Morgan fingerprint density at radius 2 is 1.90 bits per heavy atom. The molecular weight excluding hydrogens is 274 g/mol. The first-order chi connectivity index (χ1) is 9.97. The molecule has 0 bridgehead atoms. The maximum Gasteiger partial charge on any atom is 0.307 e. The van der Waals surface area contributed by atoms with Crippen LogP contribution in [0.5, 0.6) is 11.5 Å². The van der Waals surface area contributed by atoms with Gasteiger partial charge in [-0.15, -0.1) is 0 Å². The zero-order valence-corrected chi connectivity index (χ0v) is 12.3. The molecule has 1 aliphatic rings. The van der Waals surface area contributed by atoms with Crippen molar-refractivity contribution < 1.29 is 24.2 Å². The highest BCUT2D eigenvalue weighted by atomic mass is 16.5. The van der Waals surface area contributed by atoms with Gasteiger partial charge in [0.25, 0.3) is 0 Å². The minimum Gasteiger partial charge on any atom is -0.493 e. The van der Waals surface area contributed by atoms with Gasteiger partial charge in [-0.25, -0.2) is 0 Å². The molecule has 1 saturated carbocycles. The summed E-state index contributed by atoms with van der Waals surface area (Å²) >= 11 is 0. The van der Waals surface area contributed by atoms with Crippen molar-refractivity contribution >= 4 is 11.9 Å². The summed E-state index contributed by atoms with van der Waals surface area (Å²) in [5.41, 5.74) is 0.869. The van der Waals surface area contributed by atoms with Gasteiger partial charge in [0.2, 0.25) is 5.91 Å². The Morgan fingerprint density at radius 3 is 2.43 bits per heavy atom. The van der Waals surface area contributed by atoms with E-state index in [1.807, 2.05) is 13.0 Å². The van der Waals surface area contributed by atoms with Crippen LogP contribution in [0.15, 0.2) is 18.2 Å². The molecule has 1 amide bonds. The van der Waals surface area contributed by atoms with Gasteiger partial charge in [0, 0.05) is 0 Å². The van der Waals surface area contributed by atoms with Gasteiger partial charge in [0.1, 0.15) is 0 Å². The molecular formula is C15H19NO5. The number of carbonyl (C=O) groups is 2. The fourth-order valence-electron chi connectivity index (χ4n) is 2.28. The third-order valence-corrected chi connectivity index (χ3v) is 3.71. The van der Waals surface area contributed by atoms with Gasteiger partial charge in [-0.3, -0.25) is 9.59 Å². The second kappa shape index (κ2) is 6.03. The molecule has 0 heterocycles. The number of carbonyl (C=O) groups excluding carboxylic acids is 1. The quantitative estimate of drug-likeness (QED) is 0.832. The van der Waals surface area contributed by atoms with Crippen LogP contribution in [0.25, 0.3) is 0 Å². The summed E-state index contributed by atoms with van der Waals surface area (Å²) in [5.74, 6) is -0.870. The van der Waals surface area contributed by atoms with Crippen LogP contribution >= 0.6 is 0 Å². The standard InChI is InChI=1S/C15H19NO5/c1-8(16-14(17)10-7-11(10)15(18)19)9-4-5-12(20-2)13(6-9)21-3/h4-6,8,10-11H,7H2,1-3H3,(H,16,17)(H,18,19)/t8-,10+,11+/m0/s1. The molecule has 6 nitrogen and oxygen atoms in total. The van der Waals surface area contributed by atoms with Crippen LogP contribution in [0.4, 0.5) is 0 Å². The highest BCUT2D eigenvalue weighted by Crippen LogP contribution is 2.39. The number of aliphatic carboxylic acids is 1. The molecule has 2 N–H and O–H groups in total. The van der Waals surface area contributed by atoms with E-state index in [2.05, 4.69) is 5.32 Å². The second-order valence-electron chi connectivity index (χ2n) is 5.13. The molecule has 0 unspecified atom stereocenters. The van der Waals surface area contributed by atoms with Crippen LogP contribution in [-0.2, 0) is 9.59 Å². The SMILES string of the molecule is COc1ccc([C@H](C)NC(=O)[C@@H]2C[C@H]2C(=O)O)cc1OC. The van der Waals surface area contributed by atoms with Gasteiger partial charge in [-0.2, -0.15) is 0 Å². The lowest BCUT2D eigenvalue weighted by Crippen LogP contribution is -2.29. The highest BCUT2D eigenvalue weighted by molar-refractivity contribution is 5.89. The fraction of sp³-hybridized carbons (Fsp3) is 0.467. The molecule has 0 aliphatic heterocycles. The Bertz CT molecular complexity index is 557. The molecule has 114 valence electrons. The number of nitrogens with one attached hydrogen (secondary N) is 1. The number of hydrogen-bond acceptors (Lipinski definition) is 4. The summed E-state index contributed by atoms with van der Waals surface area (Å²) in [4.78, 5) is 22.7. The maximum atomic E-state index is 12.0. The maximum absolute atomic E-state index is 12.0. The van der Waals surface area contributed by atoms with Gasteiger partial charge in [0.15, 0.2) is 11.5 Å². The second-order valence-corrected chi connectivity index (χ2v) is 5.13. The number of hydrogen-bond donors (Lipinski definition) is 2. The predicted octanol–water partition coefficient (Wildman–Crippen LogP) is 1.60. The minimum absolute atomic E-state index is 0.218. The molecule has 1 aromatic carbocycles. The largest absolute Gasteiger partial charge is 0.493 e. The lowest BCUT2D eigenvalue weighted by Gasteiger charge is -2.16. The summed E-state index contributed by atoms with van der Waals surface area (Å²) in [6.45, 7) is 1.84. The van der Waals surface area contributed by atoms with Crippen molar-refractivity contribution in [2.45, 2.75) is 19.4 Å². The molecule has 0 radical (unpaired) electrons. The lowest BCUT2D eigenvalue weighted by atomic mass is 10.1. The first-order valence-corrected chi connectivity index (χ1v) is 6.73. The first-order valence-electron chi connectivity index (χ1n) is 6.73. The van der Waals surface area contributed by atoms with E-state index in [0.29, 0.717) is 17.9 Å². The van der Waals surface area contributed by atoms with Crippen molar-refractivity contribution in [3.8, 4) is 11.5 Å².